The molecule has 2 aromatic carbocycles. The van der Waals surface area contributed by atoms with Crippen molar-refractivity contribution in [1.29, 1.82) is 0 Å². The average Bonchev–Trinajstić information content (AvgIpc) is 2.61. The summed E-state index contributed by atoms with van der Waals surface area (Å²) in [6.45, 7) is 2.83. The molecule has 0 aromatic heterocycles. The van der Waals surface area contributed by atoms with Crippen molar-refractivity contribution in [3.8, 4) is 5.75 Å². The molecule has 8 heteroatoms. The summed E-state index contributed by atoms with van der Waals surface area (Å²) in [6, 6.07) is 13.4. The van der Waals surface area contributed by atoms with E-state index in [1.165, 1.54) is 32.0 Å². The van der Waals surface area contributed by atoms with Gasteiger partial charge in [0.05, 0.1) is 4.92 Å². The van der Waals surface area contributed by atoms with E-state index in [2.05, 4.69) is 5.32 Å². The highest BCUT2D eigenvalue weighted by Crippen LogP contribution is 2.29. The average molecular weight is 372 g/mol. The topological polar surface area (TPSA) is 119 Å². The first kappa shape index (κ1) is 19.9. The van der Waals surface area contributed by atoms with Gasteiger partial charge >= 0.3 is 11.7 Å². The number of rotatable bonds is 8. The molecule has 0 saturated heterocycles. The summed E-state index contributed by atoms with van der Waals surface area (Å²) in [7, 11) is 0. The standard InChI is InChI=1S/C19H20N2O6/c1-19(2,27-16-11-7-6-10-15(16)21(25)26)18(24)20-14(17(22)23)12-13-8-4-3-5-9-13/h3-11,14H,12H2,1-2H3,(H,20,24)(H,22,23)/t14-/m0/s1. The quantitative estimate of drug-likeness (QED) is 0.543. The first-order valence-electron chi connectivity index (χ1n) is 8.21. The van der Waals surface area contributed by atoms with Gasteiger partial charge in [-0.2, -0.15) is 0 Å². The van der Waals surface area contributed by atoms with Gasteiger partial charge in [-0.3, -0.25) is 14.9 Å². The van der Waals surface area contributed by atoms with Crippen molar-refractivity contribution in [3.63, 3.8) is 0 Å². The summed E-state index contributed by atoms with van der Waals surface area (Å²) < 4.78 is 5.54. The second-order valence-corrected chi connectivity index (χ2v) is 6.39. The zero-order chi connectivity index (χ0) is 20.0. The molecule has 0 aliphatic carbocycles. The number of nitro benzene ring substituents is 1. The Morgan fingerprint density at radius 3 is 2.33 bits per heavy atom. The highest BCUT2D eigenvalue weighted by molar-refractivity contribution is 5.89. The van der Waals surface area contributed by atoms with Crippen LogP contribution in [0.15, 0.2) is 54.6 Å². The molecule has 2 aromatic rings. The fourth-order valence-electron chi connectivity index (χ4n) is 2.40. The minimum Gasteiger partial charge on any atom is -0.480 e. The Labute approximate surface area is 155 Å². The van der Waals surface area contributed by atoms with Gasteiger partial charge in [0, 0.05) is 12.5 Å². The molecule has 0 spiro atoms. The lowest BCUT2D eigenvalue weighted by atomic mass is 10.0. The van der Waals surface area contributed by atoms with Crippen molar-refractivity contribution in [3.05, 3.63) is 70.3 Å². The van der Waals surface area contributed by atoms with Crippen LogP contribution in [0.5, 0.6) is 5.75 Å². The monoisotopic (exact) mass is 372 g/mol. The number of hydrogen-bond donors (Lipinski definition) is 2. The van der Waals surface area contributed by atoms with Crippen LogP contribution in [0.2, 0.25) is 0 Å². The molecule has 2 rings (SSSR count). The molecule has 0 radical (unpaired) electrons. The van der Waals surface area contributed by atoms with Crippen molar-refractivity contribution in [2.75, 3.05) is 0 Å². The molecule has 0 heterocycles. The number of hydrogen-bond acceptors (Lipinski definition) is 5. The van der Waals surface area contributed by atoms with Crippen LogP contribution in [0.25, 0.3) is 0 Å². The van der Waals surface area contributed by atoms with Crippen LogP contribution < -0.4 is 10.1 Å². The van der Waals surface area contributed by atoms with E-state index in [1.54, 1.807) is 30.3 Å². The third-order valence-electron chi connectivity index (χ3n) is 3.86. The number of benzene rings is 2. The van der Waals surface area contributed by atoms with Gasteiger partial charge in [0.1, 0.15) is 6.04 Å². The highest BCUT2D eigenvalue weighted by atomic mass is 16.6. The van der Waals surface area contributed by atoms with E-state index >= 15 is 0 Å². The van der Waals surface area contributed by atoms with Gasteiger partial charge in [-0.25, -0.2) is 4.79 Å². The van der Waals surface area contributed by atoms with Crippen LogP contribution in [0.1, 0.15) is 19.4 Å². The lowest BCUT2D eigenvalue weighted by molar-refractivity contribution is -0.386. The van der Waals surface area contributed by atoms with Gasteiger partial charge in [0.25, 0.3) is 5.91 Å². The van der Waals surface area contributed by atoms with Gasteiger partial charge in [0.15, 0.2) is 11.4 Å². The SMILES string of the molecule is CC(C)(Oc1ccccc1[N+](=O)[O-])C(=O)N[C@@H](Cc1ccccc1)C(=O)O. The Morgan fingerprint density at radius 2 is 1.74 bits per heavy atom. The molecule has 1 atom stereocenters. The highest BCUT2D eigenvalue weighted by Gasteiger charge is 2.35. The van der Waals surface area contributed by atoms with E-state index in [1.807, 2.05) is 6.07 Å². The molecule has 142 valence electrons. The van der Waals surface area contributed by atoms with Crippen molar-refractivity contribution < 1.29 is 24.4 Å². The molecular formula is C19H20N2O6. The number of para-hydroxylation sites is 2. The Bertz CT molecular complexity index is 835. The Kier molecular flexibility index (Phi) is 6.12. The lowest BCUT2D eigenvalue weighted by Crippen LogP contribution is -2.53. The minimum absolute atomic E-state index is 0.0717. The zero-order valence-electron chi connectivity index (χ0n) is 14.9. The maximum absolute atomic E-state index is 12.6. The fraction of sp³-hybridized carbons (Fsp3) is 0.263. The molecular weight excluding hydrogens is 352 g/mol. The zero-order valence-corrected chi connectivity index (χ0v) is 14.9. The second-order valence-electron chi connectivity index (χ2n) is 6.39. The second kappa shape index (κ2) is 8.31. The Hall–Kier alpha value is -3.42. The van der Waals surface area contributed by atoms with Crippen molar-refractivity contribution >= 4 is 17.6 Å². The molecule has 0 fully saturated rings. The van der Waals surface area contributed by atoms with Gasteiger partial charge in [0.2, 0.25) is 0 Å². The number of nitrogens with one attached hydrogen (secondary N) is 1. The summed E-state index contributed by atoms with van der Waals surface area (Å²) >= 11 is 0. The van der Waals surface area contributed by atoms with E-state index in [0.29, 0.717) is 0 Å². The van der Waals surface area contributed by atoms with Crippen LogP contribution in [0.4, 0.5) is 5.69 Å². The molecule has 0 unspecified atom stereocenters. The first-order chi connectivity index (χ1) is 12.7. The Balaban J connectivity index is 2.14. The molecule has 0 aliphatic heterocycles. The minimum atomic E-state index is -1.52. The first-order valence-corrected chi connectivity index (χ1v) is 8.21. The summed E-state index contributed by atoms with van der Waals surface area (Å²) in [5.74, 6) is -1.95. The van der Waals surface area contributed by atoms with Gasteiger partial charge in [-0.1, -0.05) is 42.5 Å². The van der Waals surface area contributed by atoms with Crippen molar-refractivity contribution in [2.45, 2.75) is 31.9 Å². The number of carboxylic acid groups (broad SMARTS) is 1. The summed E-state index contributed by atoms with van der Waals surface area (Å²) in [4.78, 5) is 34.6. The number of carbonyl (C=O) groups excluding carboxylic acids is 1. The fourth-order valence-corrected chi connectivity index (χ4v) is 2.40. The molecule has 1 amide bonds. The van der Waals surface area contributed by atoms with Crippen LogP contribution >= 0.6 is 0 Å². The van der Waals surface area contributed by atoms with Gasteiger partial charge < -0.3 is 15.2 Å². The van der Waals surface area contributed by atoms with Gasteiger partial charge in [-0.05, 0) is 25.5 Å². The molecule has 27 heavy (non-hydrogen) atoms. The van der Waals surface area contributed by atoms with E-state index in [9.17, 15) is 24.8 Å². The van der Waals surface area contributed by atoms with Crippen LogP contribution in [0, 0.1) is 10.1 Å². The van der Waals surface area contributed by atoms with E-state index < -0.39 is 28.4 Å². The summed E-state index contributed by atoms with van der Waals surface area (Å²) in [5, 5.41) is 22.9. The third kappa shape index (κ3) is 5.27. The maximum Gasteiger partial charge on any atom is 0.326 e. The number of carbonyl (C=O) groups is 2. The third-order valence-corrected chi connectivity index (χ3v) is 3.86. The summed E-state index contributed by atoms with van der Waals surface area (Å²) in [5.41, 5.74) is -1.05. The Morgan fingerprint density at radius 1 is 1.15 bits per heavy atom. The smallest absolute Gasteiger partial charge is 0.326 e. The predicted octanol–water partition coefficient (Wildman–Crippen LogP) is 2.56. The molecule has 0 saturated carbocycles. The number of aliphatic carboxylic acids is 1. The van der Waals surface area contributed by atoms with E-state index in [4.69, 9.17) is 4.74 Å². The number of ether oxygens (including phenoxy) is 1. The number of nitro groups is 1. The summed E-state index contributed by atoms with van der Waals surface area (Å²) in [6.07, 6.45) is 0.101. The van der Waals surface area contributed by atoms with Crippen molar-refractivity contribution in [1.82, 2.24) is 5.32 Å². The van der Waals surface area contributed by atoms with E-state index in [-0.39, 0.29) is 17.9 Å². The van der Waals surface area contributed by atoms with Gasteiger partial charge in [-0.15, -0.1) is 0 Å². The number of carboxylic acids is 1. The maximum atomic E-state index is 12.6. The largest absolute Gasteiger partial charge is 0.480 e. The lowest BCUT2D eigenvalue weighted by Gasteiger charge is -2.27. The van der Waals surface area contributed by atoms with E-state index in [0.717, 1.165) is 5.56 Å². The van der Waals surface area contributed by atoms with Crippen LogP contribution in [-0.2, 0) is 16.0 Å². The molecule has 0 bridgehead atoms. The number of amides is 1. The number of nitrogens with zero attached hydrogens (tertiary/aromatic N) is 1. The van der Waals surface area contributed by atoms with Crippen LogP contribution in [-0.4, -0.2) is 33.5 Å². The molecule has 0 aliphatic rings. The van der Waals surface area contributed by atoms with Crippen molar-refractivity contribution in [2.24, 2.45) is 0 Å². The predicted molar refractivity (Wildman–Crippen MR) is 97.5 cm³/mol. The molecule has 8 nitrogen and oxygen atoms in total. The molecule has 2 N–H and O–H groups in total. The normalized spacial score (nSPS) is 12.1. The van der Waals surface area contributed by atoms with Crippen LogP contribution in [0.3, 0.4) is 0 Å².